The van der Waals surface area contributed by atoms with Crippen molar-refractivity contribution in [1.82, 2.24) is 15.0 Å². The van der Waals surface area contributed by atoms with Gasteiger partial charge in [0.1, 0.15) is 5.52 Å². The predicted molar refractivity (Wildman–Crippen MR) is 67.0 cm³/mol. The van der Waals surface area contributed by atoms with Crippen LogP contribution in [0.4, 0.5) is 0 Å². The number of nitrogens with zero attached hydrogens (tertiary/aromatic N) is 2. The number of nitrogens with one attached hydrogen (secondary N) is 1. The van der Waals surface area contributed by atoms with Crippen LogP contribution in [-0.4, -0.2) is 15.0 Å². The zero-order valence-electron chi connectivity index (χ0n) is 8.31. The molecule has 0 fully saturated rings. The number of H-pyrrole nitrogens is 1. The number of halogens is 1. The Hall–Kier alpha value is -1.68. The van der Waals surface area contributed by atoms with Crippen LogP contribution < -0.4 is 0 Å². The maximum atomic E-state index is 4.33. The molecule has 0 radical (unpaired) electrons. The van der Waals surface area contributed by atoms with Crippen molar-refractivity contribution < 1.29 is 0 Å². The van der Waals surface area contributed by atoms with Crippen LogP contribution in [0.3, 0.4) is 0 Å². The third kappa shape index (κ3) is 1.42. The molecule has 3 rings (SSSR count). The normalized spacial score (nSPS) is 10.8. The van der Waals surface area contributed by atoms with E-state index in [0.29, 0.717) is 0 Å². The molecule has 0 spiro atoms. The zero-order chi connectivity index (χ0) is 11.0. The Bertz CT molecular complexity index is 631. The average Bonchev–Trinajstić information content (AvgIpc) is 2.69. The molecule has 16 heavy (non-hydrogen) atoms. The third-order valence-electron chi connectivity index (χ3n) is 2.46. The summed E-state index contributed by atoms with van der Waals surface area (Å²) in [6.45, 7) is 0. The molecule has 0 aromatic carbocycles. The zero-order valence-corrected chi connectivity index (χ0v) is 9.90. The Morgan fingerprint density at radius 3 is 2.62 bits per heavy atom. The Kier molecular flexibility index (Phi) is 2.22. The van der Waals surface area contributed by atoms with Gasteiger partial charge in [0.15, 0.2) is 0 Å². The number of hydrogen-bond donors (Lipinski definition) is 1. The van der Waals surface area contributed by atoms with Crippen molar-refractivity contribution in [2.75, 3.05) is 0 Å². The Balaban J connectivity index is 2.29. The van der Waals surface area contributed by atoms with E-state index in [1.54, 1.807) is 18.6 Å². The lowest BCUT2D eigenvalue weighted by Gasteiger charge is -1.97. The highest BCUT2D eigenvalue weighted by molar-refractivity contribution is 9.10. The summed E-state index contributed by atoms with van der Waals surface area (Å²) in [6.07, 6.45) is 5.35. The van der Waals surface area contributed by atoms with Crippen molar-refractivity contribution in [3.05, 3.63) is 47.3 Å². The van der Waals surface area contributed by atoms with Crippen LogP contribution in [0.5, 0.6) is 0 Å². The van der Waals surface area contributed by atoms with Gasteiger partial charge in [0, 0.05) is 24.2 Å². The molecule has 0 aliphatic rings. The molecule has 3 nitrogen and oxygen atoms in total. The van der Waals surface area contributed by atoms with Gasteiger partial charge in [-0.05, 0) is 40.2 Å². The fourth-order valence-corrected chi connectivity index (χ4v) is 2.35. The van der Waals surface area contributed by atoms with Gasteiger partial charge in [-0.25, -0.2) is 0 Å². The SMILES string of the molecule is Brc1c(-c2ccncc2)[nH]c2cccnc12. The van der Waals surface area contributed by atoms with Crippen molar-refractivity contribution in [2.45, 2.75) is 0 Å². The largest absolute Gasteiger partial charge is 0.352 e. The lowest BCUT2D eigenvalue weighted by Crippen LogP contribution is -1.78. The maximum Gasteiger partial charge on any atom is 0.103 e. The van der Waals surface area contributed by atoms with E-state index in [2.05, 4.69) is 30.9 Å². The van der Waals surface area contributed by atoms with E-state index in [0.717, 1.165) is 26.8 Å². The van der Waals surface area contributed by atoms with E-state index < -0.39 is 0 Å². The minimum Gasteiger partial charge on any atom is -0.352 e. The van der Waals surface area contributed by atoms with E-state index in [1.807, 2.05) is 24.3 Å². The molecule has 0 saturated carbocycles. The fourth-order valence-electron chi connectivity index (χ4n) is 1.71. The Labute approximate surface area is 101 Å². The summed E-state index contributed by atoms with van der Waals surface area (Å²) in [5.41, 5.74) is 4.12. The summed E-state index contributed by atoms with van der Waals surface area (Å²) in [5, 5.41) is 0. The van der Waals surface area contributed by atoms with Crippen LogP contribution in [-0.2, 0) is 0 Å². The first-order chi connectivity index (χ1) is 7.86. The van der Waals surface area contributed by atoms with Crippen LogP contribution >= 0.6 is 15.9 Å². The minimum atomic E-state index is 0.953. The van der Waals surface area contributed by atoms with Gasteiger partial charge in [-0.15, -0.1) is 0 Å². The van der Waals surface area contributed by atoms with Crippen LogP contribution in [0.25, 0.3) is 22.3 Å². The number of aromatic nitrogens is 3. The second-order valence-electron chi connectivity index (χ2n) is 3.45. The van der Waals surface area contributed by atoms with E-state index in [9.17, 15) is 0 Å². The standard InChI is InChI=1S/C12H8BrN3/c13-10-11(8-3-6-14-7-4-8)16-9-2-1-5-15-12(9)10/h1-7,16H. The molecular formula is C12H8BrN3. The van der Waals surface area contributed by atoms with Crippen molar-refractivity contribution in [3.8, 4) is 11.3 Å². The third-order valence-corrected chi connectivity index (χ3v) is 3.24. The minimum absolute atomic E-state index is 0.953. The maximum absolute atomic E-state index is 4.33. The number of aromatic amines is 1. The Morgan fingerprint density at radius 1 is 1.06 bits per heavy atom. The molecule has 0 saturated heterocycles. The van der Waals surface area contributed by atoms with Gasteiger partial charge in [0.05, 0.1) is 15.7 Å². The first kappa shape index (κ1) is 9.54. The average molecular weight is 274 g/mol. The van der Waals surface area contributed by atoms with Gasteiger partial charge in [-0.1, -0.05) is 0 Å². The summed E-state index contributed by atoms with van der Waals surface area (Å²) in [7, 11) is 0. The molecule has 4 heteroatoms. The predicted octanol–water partition coefficient (Wildman–Crippen LogP) is 3.39. The van der Waals surface area contributed by atoms with Gasteiger partial charge >= 0.3 is 0 Å². The highest BCUT2D eigenvalue weighted by Crippen LogP contribution is 2.32. The molecule has 0 unspecified atom stereocenters. The second kappa shape index (κ2) is 3.72. The molecule has 3 heterocycles. The van der Waals surface area contributed by atoms with E-state index in [1.165, 1.54) is 0 Å². The highest BCUT2D eigenvalue weighted by Gasteiger charge is 2.10. The molecule has 1 N–H and O–H groups in total. The van der Waals surface area contributed by atoms with Crippen molar-refractivity contribution >= 4 is 27.0 Å². The lowest BCUT2D eigenvalue weighted by molar-refractivity contribution is 1.32. The topological polar surface area (TPSA) is 41.6 Å². The fraction of sp³-hybridized carbons (Fsp3) is 0. The molecule has 3 aromatic heterocycles. The van der Waals surface area contributed by atoms with Gasteiger partial charge < -0.3 is 4.98 Å². The van der Waals surface area contributed by atoms with E-state index in [-0.39, 0.29) is 0 Å². The van der Waals surface area contributed by atoms with Gasteiger partial charge in [0.25, 0.3) is 0 Å². The molecule has 0 amide bonds. The molecule has 0 bridgehead atoms. The quantitative estimate of drug-likeness (QED) is 0.739. The van der Waals surface area contributed by atoms with Crippen LogP contribution in [0, 0.1) is 0 Å². The molecule has 0 atom stereocenters. The molecule has 3 aromatic rings. The molecule has 0 aliphatic heterocycles. The number of fused-ring (bicyclic) bond motifs is 1. The molecule has 78 valence electrons. The van der Waals surface area contributed by atoms with Crippen LogP contribution in [0.15, 0.2) is 47.3 Å². The second-order valence-corrected chi connectivity index (χ2v) is 4.24. The molecular weight excluding hydrogens is 266 g/mol. The lowest BCUT2D eigenvalue weighted by atomic mass is 10.2. The number of hydrogen-bond acceptors (Lipinski definition) is 2. The van der Waals surface area contributed by atoms with E-state index in [4.69, 9.17) is 0 Å². The summed E-state index contributed by atoms with van der Waals surface area (Å²) in [6, 6.07) is 7.87. The monoisotopic (exact) mass is 273 g/mol. The Morgan fingerprint density at radius 2 is 1.88 bits per heavy atom. The van der Waals surface area contributed by atoms with Crippen LogP contribution in [0.2, 0.25) is 0 Å². The van der Waals surface area contributed by atoms with Gasteiger partial charge in [-0.2, -0.15) is 0 Å². The first-order valence-electron chi connectivity index (χ1n) is 4.89. The first-order valence-corrected chi connectivity index (χ1v) is 5.68. The summed E-state index contributed by atoms with van der Waals surface area (Å²) in [5.74, 6) is 0. The summed E-state index contributed by atoms with van der Waals surface area (Å²) in [4.78, 5) is 11.7. The van der Waals surface area contributed by atoms with Crippen molar-refractivity contribution in [2.24, 2.45) is 0 Å². The summed E-state index contributed by atoms with van der Waals surface area (Å²) < 4.78 is 0.995. The van der Waals surface area contributed by atoms with Gasteiger partial charge in [-0.3, -0.25) is 9.97 Å². The smallest absolute Gasteiger partial charge is 0.103 e. The molecule has 0 aliphatic carbocycles. The van der Waals surface area contributed by atoms with Crippen LogP contribution in [0.1, 0.15) is 0 Å². The number of rotatable bonds is 1. The van der Waals surface area contributed by atoms with E-state index >= 15 is 0 Å². The summed E-state index contributed by atoms with van der Waals surface area (Å²) >= 11 is 3.57. The van der Waals surface area contributed by atoms with Gasteiger partial charge in [0.2, 0.25) is 0 Å². The van der Waals surface area contributed by atoms with Crippen molar-refractivity contribution in [3.63, 3.8) is 0 Å². The highest BCUT2D eigenvalue weighted by atomic mass is 79.9. The van der Waals surface area contributed by atoms with Crippen molar-refractivity contribution in [1.29, 1.82) is 0 Å². The number of pyridine rings is 2.